The van der Waals surface area contributed by atoms with Crippen LogP contribution in [0.2, 0.25) is 0 Å². The fourth-order valence-electron chi connectivity index (χ4n) is 3.12. The van der Waals surface area contributed by atoms with Gasteiger partial charge in [-0.3, -0.25) is 4.79 Å². The van der Waals surface area contributed by atoms with Crippen molar-refractivity contribution >= 4 is 17.9 Å². The first-order chi connectivity index (χ1) is 14.9. The van der Waals surface area contributed by atoms with Crippen molar-refractivity contribution in [3.63, 3.8) is 0 Å². The van der Waals surface area contributed by atoms with E-state index in [1.165, 1.54) is 0 Å². The Morgan fingerprint density at radius 1 is 1.09 bits per heavy atom. The SMILES string of the molecule is CN(C)c1ccc(-c2ccc(CC(NC(=O)OC(C)(C)C)C(O)CCC(=O)O)cc2)cn1. The highest BCUT2D eigenvalue weighted by Gasteiger charge is 2.25. The molecule has 2 rings (SSSR count). The maximum atomic E-state index is 12.2. The summed E-state index contributed by atoms with van der Waals surface area (Å²) in [6, 6.07) is 11.0. The maximum Gasteiger partial charge on any atom is 0.407 e. The molecule has 1 heterocycles. The van der Waals surface area contributed by atoms with Gasteiger partial charge in [-0.15, -0.1) is 0 Å². The molecule has 3 N–H and O–H groups in total. The van der Waals surface area contributed by atoms with Gasteiger partial charge in [0.25, 0.3) is 0 Å². The topological polar surface area (TPSA) is 112 Å². The molecule has 0 aliphatic heterocycles. The van der Waals surface area contributed by atoms with Gasteiger partial charge in [-0.1, -0.05) is 24.3 Å². The summed E-state index contributed by atoms with van der Waals surface area (Å²) in [4.78, 5) is 29.5. The van der Waals surface area contributed by atoms with E-state index in [0.717, 1.165) is 22.5 Å². The first-order valence-corrected chi connectivity index (χ1v) is 10.6. The number of anilines is 1. The van der Waals surface area contributed by atoms with Gasteiger partial charge >= 0.3 is 12.1 Å². The van der Waals surface area contributed by atoms with Crippen molar-refractivity contribution in [2.75, 3.05) is 19.0 Å². The first kappa shape index (κ1) is 25.1. The number of benzene rings is 1. The normalized spacial score (nSPS) is 13.2. The number of rotatable bonds is 9. The molecule has 2 atom stereocenters. The number of carboxylic acid groups (broad SMARTS) is 1. The number of ether oxygens (including phenoxy) is 1. The third-order valence-electron chi connectivity index (χ3n) is 4.77. The molecule has 0 aliphatic carbocycles. The summed E-state index contributed by atoms with van der Waals surface area (Å²) in [6.07, 6.45) is 0.298. The third kappa shape index (κ3) is 8.19. The lowest BCUT2D eigenvalue weighted by Crippen LogP contribution is -2.46. The number of carboxylic acids is 1. The average molecular weight is 444 g/mol. The molecule has 32 heavy (non-hydrogen) atoms. The molecule has 0 aliphatic rings. The number of hydrogen-bond acceptors (Lipinski definition) is 6. The van der Waals surface area contributed by atoms with Crippen LogP contribution in [0, 0.1) is 0 Å². The zero-order valence-corrected chi connectivity index (χ0v) is 19.3. The van der Waals surface area contributed by atoms with E-state index in [0.29, 0.717) is 6.42 Å². The van der Waals surface area contributed by atoms with E-state index >= 15 is 0 Å². The van der Waals surface area contributed by atoms with E-state index in [1.54, 1.807) is 20.8 Å². The van der Waals surface area contributed by atoms with Crippen molar-refractivity contribution < 1.29 is 24.5 Å². The number of aliphatic hydroxyl groups is 1. The minimum absolute atomic E-state index is 0.0256. The summed E-state index contributed by atoms with van der Waals surface area (Å²) in [5.74, 6) is -0.130. The van der Waals surface area contributed by atoms with Gasteiger partial charge in [0.05, 0.1) is 12.1 Å². The van der Waals surface area contributed by atoms with Crippen LogP contribution in [0.3, 0.4) is 0 Å². The van der Waals surface area contributed by atoms with Crippen LogP contribution < -0.4 is 10.2 Å². The van der Waals surface area contributed by atoms with Gasteiger partial charge in [-0.05, 0) is 56.9 Å². The van der Waals surface area contributed by atoms with Gasteiger partial charge in [-0.2, -0.15) is 0 Å². The van der Waals surface area contributed by atoms with Crippen LogP contribution >= 0.6 is 0 Å². The molecule has 1 amide bonds. The standard InChI is InChI=1S/C24H33N3O5/c1-24(2,3)32-23(31)26-19(20(28)11-13-22(29)30)14-16-6-8-17(9-7-16)18-10-12-21(25-15-18)27(4)5/h6-10,12,15,19-20,28H,11,13-14H2,1-5H3,(H,26,31)(H,29,30). The van der Waals surface area contributed by atoms with Gasteiger partial charge in [-0.25, -0.2) is 9.78 Å². The number of nitrogens with one attached hydrogen (secondary N) is 1. The smallest absolute Gasteiger partial charge is 0.407 e. The van der Waals surface area contributed by atoms with E-state index in [-0.39, 0.29) is 12.8 Å². The Bertz CT molecular complexity index is 889. The van der Waals surface area contributed by atoms with Gasteiger partial charge in [0.2, 0.25) is 0 Å². The van der Waals surface area contributed by atoms with Crippen molar-refractivity contribution in [2.45, 2.75) is 57.8 Å². The molecular formula is C24H33N3O5. The monoisotopic (exact) mass is 443 g/mol. The average Bonchev–Trinajstić information content (AvgIpc) is 2.70. The molecule has 8 heteroatoms. The second kappa shape index (κ2) is 10.9. The van der Waals surface area contributed by atoms with Crippen LogP contribution in [0.4, 0.5) is 10.6 Å². The molecule has 1 aromatic heterocycles. The summed E-state index contributed by atoms with van der Waals surface area (Å²) in [6.45, 7) is 5.25. The van der Waals surface area contributed by atoms with Crippen molar-refractivity contribution in [3.05, 3.63) is 48.2 Å². The molecule has 2 unspecified atom stereocenters. The Balaban J connectivity index is 2.12. The number of aliphatic hydroxyl groups excluding tert-OH is 1. The molecule has 0 fully saturated rings. The minimum Gasteiger partial charge on any atom is -0.481 e. The maximum absolute atomic E-state index is 12.2. The Hall–Kier alpha value is -3.13. The summed E-state index contributed by atoms with van der Waals surface area (Å²) in [5.41, 5.74) is 2.18. The largest absolute Gasteiger partial charge is 0.481 e. The molecule has 0 radical (unpaired) electrons. The van der Waals surface area contributed by atoms with Gasteiger partial charge in [0.15, 0.2) is 0 Å². The quantitative estimate of drug-likeness (QED) is 0.544. The molecule has 8 nitrogen and oxygen atoms in total. The summed E-state index contributed by atoms with van der Waals surface area (Å²) >= 11 is 0. The Morgan fingerprint density at radius 2 is 1.72 bits per heavy atom. The fraction of sp³-hybridized carbons (Fsp3) is 0.458. The van der Waals surface area contributed by atoms with Crippen LogP contribution in [0.5, 0.6) is 0 Å². The highest BCUT2D eigenvalue weighted by molar-refractivity contribution is 5.69. The number of aromatic nitrogens is 1. The van der Waals surface area contributed by atoms with Gasteiger partial charge < -0.3 is 25.2 Å². The van der Waals surface area contributed by atoms with Crippen molar-refractivity contribution in [1.29, 1.82) is 0 Å². The lowest BCUT2D eigenvalue weighted by molar-refractivity contribution is -0.137. The molecule has 0 spiro atoms. The van der Waals surface area contributed by atoms with Gasteiger partial charge in [0.1, 0.15) is 11.4 Å². The number of nitrogens with zero attached hydrogens (tertiary/aromatic N) is 2. The molecule has 0 saturated heterocycles. The predicted octanol–water partition coefficient (Wildman–Crippen LogP) is 3.48. The second-order valence-electron chi connectivity index (χ2n) is 8.95. The molecular weight excluding hydrogens is 410 g/mol. The van der Waals surface area contributed by atoms with E-state index in [1.807, 2.05) is 61.6 Å². The number of alkyl carbamates (subject to hydrolysis) is 1. The van der Waals surface area contributed by atoms with E-state index < -0.39 is 29.8 Å². The number of pyridine rings is 1. The summed E-state index contributed by atoms with van der Waals surface area (Å²) in [7, 11) is 3.87. The lowest BCUT2D eigenvalue weighted by atomic mass is 9.96. The van der Waals surface area contributed by atoms with Crippen LogP contribution in [0.25, 0.3) is 11.1 Å². The number of amides is 1. The van der Waals surface area contributed by atoms with E-state index in [4.69, 9.17) is 9.84 Å². The van der Waals surface area contributed by atoms with Crippen LogP contribution in [-0.4, -0.2) is 59.1 Å². The molecule has 0 bridgehead atoms. The molecule has 1 aromatic carbocycles. The Kier molecular flexibility index (Phi) is 8.60. The number of carbonyl (C=O) groups is 2. The van der Waals surface area contributed by atoms with E-state index in [9.17, 15) is 14.7 Å². The zero-order chi connectivity index (χ0) is 23.9. The highest BCUT2D eigenvalue weighted by Crippen LogP contribution is 2.22. The van der Waals surface area contributed by atoms with Crippen LogP contribution in [0.1, 0.15) is 39.2 Å². The Labute approximate surface area is 189 Å². The van der Waals surface area contributed by atoms with Crippen LogP contribution in [0.15, 0.2) is 42.6 Å². The number of aliphatic carboxylic acids is 1. The summed E-state index contributed by atoms with van der Waals surface area (Å²) in [5, 5.41) is 22.1. The number of hydrogen-bond donors (Lipinski definition) is 3. The fourth-order valence-corrected chi connectivity index (χ4v) is 3.12. The second-order valence-corrected chi connectivity index (χ2v) is 8.95. The van der Waals surface area contributed by atoms with Crippen molar-refractivity contribution in [2.24, 2.45) is 0 Å². The number of carbonyl (C=O) groups excluding carboxylic acids is 1. The zero-order valence-electron chi connectivity index (χ0n) is 19.3. The van der Waals surface area contributed by atoms with Gasteiger partial charge in [0, 0.05) is 32.3 Å². The molecule has 2 aromatic rings. The summed E-state index contributed by atoms with van der Waals surface area (Å²) < 4.78 is 5.30. The van der Waals surface area contributed by atoms with Crippen molar-refractivity contribution in [1.82, 2.24) is 10.3 Å². The lowest BCUT2D eigenvalue weighted by Gasteiger charge is -2.26. The first-order valence-electron chi connectivity index (χ1n) is 10.6. The Morgan fingerprint density at radius 3 is 2.22 bits per heavy atom. The molecule has 0 saturated carbocycles. The predicted molar refractivity (Wildman–Crippen MR) is 124 cm³/mol. The highest BCUT2D eigenvalue weighted by atomic mass is 16.6. The van der Waals surface area contributed by atoms with Crippen molar-refractivity contribution in [3.8, 4) is 11.1 Å². The van der Waals surface area contributed by atoms with E-state index in [2.05, 4.69) is 10.3 Å². The minimum atomic E-state index is -1.03. The third-order valence-corrected chi connectivity index (χ3v) is 4.77. The molecule has 174 valence electrons. The van der Waals surface area contributed by atoms with Crippen LogP contribution in [-0.2, 0) is 16.0 Å².